The number of carbonyl (C=O) groups excluding carboxylic acids is 3. The highest BCUT2D eigenvalue weighted by atomic mass is 16.3. The van der Waals surface area contributed by atoms with Gasteiger partial charge in [-0.2, -0.15) is 0 Å². The summed E-state index contributed by atoms with van der Waals surface area (Å²) >= 11 is 0. The number of nitrogens with one attached hydrogen (secondary N) is 3. The van der Waals surface area contributed by atoms with E-state index in [9.17, 15) is 14.4 Å². The lowest BCUT2D eigenvalue weighted by atomic mass is 10.1. The van der Waals surface area contributed by atoms with Crippen LogP contribution in [0.5, 0.6) is 0 Å². The molecule has 0 unspecified atom stereocenters. The van der Waals surface area contributed by atoms with Crippen molar-refractivity contribution < 1.29 is 18.8 Å². The molecule has 3 amide bonds. The maximum Gasteiger partial charge on any atom is 0.253 e. The van der Waals surface area contributed by atoms with Gasteiger partial charge in [-0.25, -0.2) is 0 Å². The summed E-state index contributed by atoms with van der Waals surface area (Å²) in [4.78, 5) is 39.2. The van der Waals surface area contributed by atoms with Crippen LogP contribution in [0, 0.1) is 0 Å². The molecule has 8 heteroatoms. The lowest BCUT2D eigenvalue weighted by molar-refractivity contribution is -0.114. The minimum Gasteiger partial charge on any atom is -0.467 e. The van der Waals surface area contributed by atoms with Crippen LogP contribution >= 0.6 is 0 Å². The number of carbonyl (C=O) groups is 3. The minimum absolute atomic E-state index is 0.0499. The minimum atomic E-state index is -0.259. The number of anilines is 2. The first kappa shape index (κ1) is 23.1. The fraction of sp³-hybridized carbons (Fsp3) is 0.269. The van der Waals surface area contributed by atoms with Crippen molar-refractivity contribution in [2.24, 2.45) is 0 Å². The van der Waals surface area contributed by atoms with Crippen LogP contribution in [0.3, 0.4) is 0 Å². The number of amides is 3. The second-order valence-electron chi connectivity index (χ2n) is 8.17. The molecule has 1 aliphatic rings. The lowest BCUT2D eigenvalue weighted by Gasteiger charge is -2.26. The monoisotopic (exact) mass is 460 g/mol. The summed E-state index contributed by atoms with van der Waals surface area (Å²) in [5.74, 6) is 0.205. The molecule has 0 atom stereocenters. The van der Waals surface area contributed by atoms with Gasteiger partial charge in [-0.05, 0) is 73.9 Å². The third kappa shape index (κ3) is 6.25. The largest absolute Gasteiger partial charge is 0.467 e. The number of piperidine rings is 1. The Morgan fingerprint density at radius 2 is 1.65 bits per heavy atom. The first-order valence-electron chi connectivity index (χ1n) is 11.4. The Kier molecular flexibility index (Phi) is 7.60. The van der Waals surface area contributed by atoms with Gasteiger partial charge in [-0.1, -0.05) is 6.07 Å². The van der Waals surface area contributed by atoms with Crippen molar-refractivity contribution in [1.82, 2.24) is 10.2 Å². The van der Waals surface area contributed by atoms with Crippen LogP contribution in [0.25, 0.3) is 0 Å². The standard InChI is InChI=1S/C26H28N4O4/c31-24(18-27-21-11-9-19(10-12-21)26(33)30-13-2-1-3-14-30)29-22-7-4-6-20(16-22)25(32)28-17-23-8-5-15-34-23/h4-12,15-16,27H,1-3,13-14,17-18H2,(H,28,32)(H,29,31). The average Bonchev–Trinajstić information content (AvgIpc) is 3.40. The summed E-state index contributed by atoms with van der Waals surface area (Å²) in [6.07, 6.45) is 4.84. The maximum atomic E-state index is 12.6. The van der Waals surface area contributed by atoms with E-state index in [1.165, 1.54) is 6.42 Å². The van der Waals surface area contributed by atoms with Crippen molar-refractivity contribution in [3.63, 3.8) is 0 Å². The lowest BCUT2D eigenvalue weighted by Crippen LogP contribution is -2.35. The molecule has 3 N–H and O–H groups in total. The number of benzene rings is 2. The summed E-state index contributed by atoms with van der Waals surface area (Å²) in [5.41, 5.74) is 2.36. The maximum absolute atomic E-state index is 12.6. The number of rotatable bonds is 8. The third-order valence-electron chi connectivity index (χ3n) is 5.64. The van der Waals surface area contributed by atoms with Crippen LogP contribution < -0.4 is 16.0 Å². The highest BCUT2D eigenvalue weighted by Crippen LogP contribution is 2.16. The van der Waals surface area contributed by atoms with E-state index in [1.54, 1.807) is 66.9 Å². The van der Waals surface area contributed by atoms with Crippen molar-refractivity contribution in [1.29, 1.82) is 0 Å². The van der Waals surface area contributed by atoms with Gasteiger partial charge in [-0.3, -0.25) is 14.4 Å². The molecule has 1 aliphatic heterocycles. The Hall–Kier alpha value is -4.07. The highest BCUT2D eigenvalue weighted by molar-refractivity contribution is 5.98. The van der Waals surface area contributed by atoms with Gasteiger partial charge in [0.1, 0.15) is 5.76 Å². The Bertz CT molecular complexity index is 1120. The van der Waals surface area contributed by atoms with E-state index in [-0.39, 0.29) is 30.8 Å². The molecule has 1 aromatic heterocycles. The van der Waals surface area contributed by atoms with Crippen LogP contribution in [0.1, 0.15) is 45.7 Å². The molecular weight excluding hydrogens is 432 g/mol. The smallest absolute Gasteiger partial charge is 0.253 e. The number of furan rings is 1. The first-order valence-corrected chi connectivity index (χ1v) is 11.4. The number of hydrogen-bond acceptors (Lipinski definition) is 5. The van der Waals surface area contributed by atoms with Gasteiger partial charge in [0.25, 0.3) is 11.8 Å². The van der Waals surface area contributed by atoms with Crippen molar-refractivity contribution in [3.8, 4) is 0 Å². The van der Waals surface area contributed by atoms with Gasteiger partial charge in [0.2, 0.25) is 5.91 Å². The Morgan fingerprint density at radius 3 is 2.38 bits per heavy atom. The predicted octanol–water partition coefficient (Wildman–Crippen LogP) is 3.89. The summed E-state index contributed by atoms with van der Waals surface area (Å²) < 4.78 is 5.21. The van der Waals surface area contributed by atoms with E-state index in [0.717, 1.165) is 31.6 Å². The average molecular weight is 461 g/mol. The van der Waals surface area contributed by atoms with Crippen LogP contribution in [0.15, 0.2) is 71.3 Å². The molecule has 0 aliphatic carbocycles. The summed E-state index contributed by atoms with van der Waals surface area (Å²) in [6, 6.07) is 17.4. The number of nitrogens with zero attached hydrogens (tertiary/aromatic N) is 1. The summed E-state index contributed by atoms with van der Waals surface area (Å²) in [7, 11) is 0. The molecule has 176 valence electrons. The molecule has 34 heavy (non-hydrogen) atoms. The molecule has 4 rings (SSSR count). The van der Waals surface area contributed by atoms with E-state index in [4.69, 9.17) is 4.42 Å². The Labute approximate surface area is 198 Å². The van der Waals surface area contributed by atoms with E-state index >= 15 is 0 Å². The number of likely N-dealkylation sites (tertiary alicyclic amines) is 1. The molecule has 1 fully saturated rings. The van der Waals surface area contributed by atoms with Crippen molar-refractivity contribution in [3.05, 3.63) is 83.8 Å². The van der Waals surface area contributed by atoms with E-state index in [2.05, 4.69) is 16.0 Å². The SMILES string of the molecule is O=C(CNc1ccc(C(=O)N2CCCCC2)cc1)Nc1cccc(C(=O)NCc2ccco2)c1. The van der Waals surface area contributed by atoms with Gasteiger partial charge >= 0.3 is 0 Å². The van der Waals surface area contributed by atoms with Gasteiger partial charge in [0.05, 0.1) is 19.4 Å². The van der Waals surface area contributed by atoms with E-state index in [0.29, 0.717) is 22.6 Å². The Balaban J connectivity index is 1.25. The summed E-state index contributed by atoms with van der Waals surface area (Å²) in [6.45, 7) is 1.96. The molecule has 0 spiro atoms. The van der Waals surface area contributed by atoms with Crippen molar-refractivity contribution >= 4 is 29.1 Å². The summed E-state index contributed by atoms with van der Waals surface area (Å²) in [5, 5.41) is 8.62. The van der Waals surface area contributed by atoms with Gasteiger partial charge in [-0.15, -0.1) is 0 Å². The normalized spacial score (nSPS) is 13.2. The van der Waals surface area contributed by atoms with Crippen LogP contribution in [-0.4, -0.2) is 42.3 Å². The molecule has 2 aromatic carbocycles. The molecular formula is C26H28N4O4. The molecule has 1 saturated heterocycles. The number of hydrogen-bond donors (Lipinski definition) is 3. The molecule has 0 saturated carbocycles. The zero-order valence-corrected chi connectivity index (χ0v) is 18.9. The van der Waals surface area contributed by atoms with E-state index < -0.39 is 0 Å². The third-order valence-corrected chi connectivity index (χ3v) is 5.64. The van der Waals surface area contributed by atoms with Gasteiger partial charge in [0.15, 0.2) is 0 Å². The Morgan fingerprint density at radius 1 is 0.853 bits per heavy atom. The van der Waals surface area contributed by atoms with E-state index in [1.807, 2.05) is 4.90 Å². The quantitative estimate of drug-likeness (QED) is 0.473. The van der Waals surface area contributed by atoms with Crippen molar-refractivity contribution in [2.45, 2.75) is 25.8 Å². The van der Waals surface area contributed by atoms with Gasteiger partial charge < -0.3 is 25.3 Å². The molecule has 0 bridgehead atoms. The first-order chi connectivity index (χ1) is 16.6. The zero-order valence-electron chi connectivity index (χ0n) is 18.9. The highest BCUT2D eigenvalue weighted by Gasteiger charge is 2.18. The predicted molar refractivity (Wildman–Crippen MR) is 130 cm³/mol. The van der Waals surface area contributed by atoms with Crippen LogP contribution in [0.4, 0.5) is 11.4 Å². The topological polar surface area (TPSA) is 104 Å². The van der Waals surface area contributed by atoms with Crippen LogP contribution in [-0.2, 0) is 11.3 Å². The molecule has 2 heterocycles. The molecule has 0 radical (unpaired) electrons. The molecule has 8 nitrogen and oxygen atoms in total. The van der Waals surface area contributed by atoms with Gasteiger partial charge in [0, 0.05) is 35.6 Å². The van der Waals surface area contributed by atoms with Crippen LogP contribution in [0.2, 0.25) is 0 Å². The fourth-order valence-electron chi connectivity index (χ4n) is 3.82. The second-order valence-corrected chi connectivity index (χ2v) is 8.17. The molecule has 3 aromatic rings. The fourth-order valence-corrected chi connectivity index (χ4v) is 3.82. The zero-order chi connectivity index (χ0) is 23.8. The van der Waals surface area contributed by atoms with Crippen molar-refractivity contribution in [2.75, 3.05) is 30.3 Å². The second kappa shape index (κ2) is 11.2.